The van der Waals surface area contributed by atoms with Crippen molar-refractivity contribution < 1.29 is 14.3 Å². The molecule has 0 radical (unpaired) electrons. The molecule has 1 aliphatic rings. The molecule has 0 atom stereocenters. The summed E-state index contributed by atoms with van der Waals surface area (Å²) >= 11 is 6.33. The van der Waals surface area contributed by atoms with Gasteiger partial charge in [0.2, 0.25) is 0 Å². The van der Waals surface area contributed by atoms with E-state index in [4.69, 9.17) is 21.1 Å². The Balaban J connectivity index is 1.65. The first-order valence-corrected chi connectivity index (χ1v) is 8.58. The lowest BCUT2D eigenvalue weighted by Gasteiger charge is -2.27. The molecule has 5 nitrogen and oxygen atoms in total. The van der Waals surface area contributed by atoms with Crippen LogP contribution in [0.1, 0.15) is 15.9 Å². The molecule has 0 spiro atoms. The number of nitrogens with one attached hydrogen (secondary N) is 1. The van der Waals surface area contributed by atoms with Crippen LogP contribution in [0.5, 0.6) is 5.75 Å². The molecule has 6 heteroatoms. The standard InChI is InChI=1S/C19H21ClN2O3/c1-24-16-4-2-3-14(11-16)13-21-15-5-6-17(18(20)12-15)19(23)22-7-9-25-10-8-22/h2-6,11-12,21H,7-10,13H2,1H3. The number of hydrogen-bond donors (Lipinski definition) is 1. The van der Waals surface area contributed by atoms with Crippen LogP contribution in [0.4, 0.5) is 5.69 Å². The van der Waals surface area contributed by atoms with Gasteiger partial charge in [-0.15, -0.1) is 0 Å². The lowest BCUT2D eigenvalue weighted by atomic mass is 10.1. The highest BCUT2D eigenvalue weighted by Gasteiger charge is 2.20. The van der Waals surface area contributed by atoms with E-state index >= 15 is 0 Å². The summed E-state index contributed by atoms with van der Waals surface area (Å²) < 4.78 is 10.5. The van der Waals surface area contributed by atoms with Gasteiger partial charge in [-0.25, -0.2) is 0 Å². The first-order valence-electron chi connectivity index (χ1n) is 8.21. The number of amides is 1. The van der Waals surface area contributed by atoms with Crippen molar-refractivity contribution in [2.24, 2.45) is 0 Å². The molecule has 132 valence electrons. The van der Waals surface area contributed by atoms with E-state index < -0.39 is 0 Å². The van der Waals surface area contributed by atoms with Gasteiger partial charge in [0.25, 0.3) is 5.91 Å². The smallest absolute Gasteiger partial charge is 0.255 e. The molecular weight excluding hydrogens is 340 g/mol. The molecule has 2 aromatic carbocycles. The summed E-state index contributed by atoms with van der Waals surface area (Å²) in [5, 5.41) is 3.76. The Labute approximate surface area is 152 Å². The second-order valence-corrected chi connectivity index (χ2v) is 6.21. The Morgan fingerprint density at radius 2 is 2.04 bits per heavy atom. The van der Waals surface area contributed by atoms with Crippen molar-refractivity contribution in [2.45, 2.75) is 6.54 Å². The summed E-state index contributed by atoms with van der Waals surface area (Å²) in [6.45, 7) is 2.99. The zero-order chi connectivity index (χ0) is 17.6. The Hall–Kier alpha value is -2.24. The molecule has 25 heavy (non-hydrogen) atoms. The van der Waals surface area contributed by atoms with Crippen LogP contribution < -0.4 is 10.1 Å². The molecule has 0 unspecified atom stereocenters. The van der Waals surface area contributed by atoms with Gasteiger partial charge in [-0.05, 0) is 35.9 Å². The number of nitrogens with zero attached hydrogens (tertiary/aromatic N) is 1. The van der Waals surface area contributed by atoms with E-state index in [0.29, 0.717) is 43.4 Å². The normalized spacial score (nSPS) is 14.2. The molecule has 0 saturated carbocycles. The van der Waals surface area contributed by atoms with E-state index in [1.165, 1.54) is 0 Å². The van der Waals surface area contributed by atoms with Crippen LogP contribution >= 0.6 is 11.6 Å². The van der Waals surface area contributed by atoms with Gasteiger partial charge < -0.3 is 19.7 Å². The first kappa shape index (κ1) is 17.6. The van der Waals surface area contributed by atoms with Crippen molar-refractivity contribution in [1.82, 2.24) is 4.90 Å². The molecule has 2 aromatic rings. The fraction of sp³-hybridized carbons (Fsp3) is 0.316. The van der Waals surface area contributed by atoms with Crippen LogP contribution in [0.15, 0.2) is 42.5 Å². The summed E-state index contributed by atoms with van der Waals surface area (Å²) in [7, 11) is 1.65. The second kappa shape index (κ2) is 8.23. The number of carbonyl (C=O) groups excluding carboxylic acids is 1. The number of methoxy groups -OCH3 is 1. The van der Waals surface area contributed by atoms with Gasteiger partial charge >= 0.3 is 0 Å². The first-order chi connectivity index (χ1) is 12.2. The Bertz CT molecular complexity index is 745. The number of hydrogen-bond acceptors (Lipinski definition) is 4. The molecule has 1 saturated heterocycles. The van der Waals surface area contributed by atoms with Crippen molar-refractivity contribution in [1.29, 1.82) is 0 Å². The average molecular weight is 361 g/mol. The zero-order valence-corrected chi connectivity index (χ0v) is 14.9. The van der Waals surface area contributed by atoms with Gasteiger partial charge in [-0.2, -0.15) is 0 Å². The minimum Gasteiger partial charge on any atom is -0.497 e. The van der Waals surface area contributed by atoms with Crippen molar-refractivity contribution in [3.63, 3.8) is 0 Å². The maximum absolute atomic E-state index is 12.5. The zero-order valence-electron chi connectivity index (χ0n) is 14.1. The van der Waals surface area contributed by atoms with Crippen molar-refractivity contribution in [3.8, 4) is 5.75 Å². The van der Waals surface area contributed by atoms with E-state index in [1.54, 1.807) is 24.1 Å². The molecule has 1 fully saturated rings. The molecule has 0 bridgehead atoms. The third-order valence-electron chi connectivity index (χ3n) is 4.13. The van der Waals surface area contributed by atoms with Gasteiger partial charge in [0.15, 0.2) is 0 Å². The summed E-state index contributed by atoms with van der Waals surface area (Å²) in [5.74, 6) is 0.774. The number of morpholine rings is 1. The number of ether oxygens (including phenoxy) is 2. The highest BCUT2D eigenvalue weighted by atomic mass is 35.5. The number of rotatable bonds is 5. The average Bonchev–Trinajstić information content (AvgIpc) is 2.67. The predicted octanol–water partition coefficient (Wildman–Crippen LogP) is 3.43. The van der Waals surface area contributed by atoms with Crippen LogP contribution in [-0.2, 0) is 11.3 Å². The quantitative estimate of drug-likeness (QED) is 0.887. The number of carbonyl (C=O) groups is 1. The summed E-state index contributed by atoms with van der Waals surface area (Å²) in [6.07, 6.45) is 0. The third kappa shape index (κ3) is 4.44. The predicted molar refractivity (Wildman–Crippen MR) is 98.5 cm³/mol. The van der Waals surface area contributed by atoms with Gasteiger partial charge in [0.05, 0.1) is 30.9 Å². The Morgan fingerprint density at radius 3 is 2.76 bits per heavy atom. The molecule has 3 rings (SSSR count). The van der Waals surface area contributed by atoms with Crippen LogP contribution in [0.3, 0.4) is 0 Å². The SMILES string of the molecule is COc1cccc(CNc2ccc(C(=O)N3CCOCC3)c(Cl)c2)c1. The number of halogens is 1. The van der Waals surface area contributed by atoms with Crippen LogP contribution in [-0.4, -0.2) is 44.2 Å². The van der Waals surface area contributed by atoms with E-state index in [1.807, 2.05) is 30.3 Å². The molecule has 1 aliphatic heterocycles. The van der Waals surface area contributed by atoms with Gasteiger partial charge in [-0.1, -0.05) is 23.7 Å². The van der Waals surface area contributed by atoms with E-state index in [2.05, 4.69) is 5.32 Å². The van der Waals surface area contributed by atoms with Crippen molar-refractivity contribution in [3.05, 3.63) is 58.6 Å². The molecule has 1 N–H and O–H groups in total. The molecular formula is C19H21ClN2O3. The molecule has 1 amide bonds. The monoisotopic (exact) mass is 360 g/mol. The fourth-order valence-corrected chi connectivity index (χ4v) is 2.98. The van der Waals surface area contributed by atoms with E-state index in [0.717, 1.165) is 17.0 Å². The second-order valence-electron chi connectivity index (χ2n) is 5.80. The Kier molecular flexibility index (Phi) is 5.79. The maximum atomic E-state index is 12.5. The highest BCUT2D eigenvalue weighted by molar-refractivity contribution is 6.34. The van der Waals surface area contributed by atoms with Gasteiger partial charge in [0, 0.05) is 25.3 Å². The number of benzene rings is 2. The lowest BCUT2D eigenvalue weighted by Crippen LogP contribution is -2.40. The fourth-order valence-electron chi connectivity index (χ4n) is 2.72. The highest BCUT2D eigenvalue weighted by Crippen LogP contribution is 2.23. The Morgan fingerprint density at radius 1 is 1.24 bits per heavy atom. The summed E-state index contributed by atoms with van der Waals surface area (Å²) in [5.41, 5.74) is 2.49. The lowest BCUT2D eigenvalue weighted by molar-refractivity contribution is 0.0303. The van der Waals surface area contributed by atoms with Crippen molar-refractivity contribution >= 4 is 23.2 Å². The summed E-state index contributed by atoms with van der Waals surface area (Å²) in [6, 6.07) is 13.3. The van der Waals surface area contributed by atoms with Gasteiger partial charge in [0.1, 0.15) is 5.75 Å². The van der Waals surface area contributed by atoms with E-state index in [9.17, 15) is 4.79 Å². The molecule has 1 heterocycles. The van der Waals surface area contributed by atoms with Crippen LogP contribution in [0.25, 0.3) is 0 Å². The molecule has 0 aromatic heterocycles. The topological polar surface area (TPSA) is 50.8 Å². The minimum absolute atomic E-state index is 0.0485. The van der Waals surface area contributed by atoms with Crippen LogP contribution in [0.2, 0.25) is 5.02 Å². The largest absolute Gasteiger partial charge is 0.497 e. The van der Waals surface area contributed by atoms with Crippen LogP contribution in [0, 0.1) is 0 Å². The minimum atomic E-state index is -0.0485. The summed E-state index contributed by atoms with van der Waals surface area (Å²) in [4.78, 5) is 14.3. The van der Waals surface area contributed by atoms with Gasteiger partial charge in [-0.3, -0.25) is 4.79 Å². The molecule has 0 aliphatic carbocycles. The maximum Gasteiger partial charge on any atom is 0.255 e. The third-order valence-corrected chi connectivity index (χ3v) is 4.44. The van der Waals surface area contributed by atoms with Crippen molar-refractivity contribution in [2.75, 3.05) is 38.7 Å². The number of anilines is 1. The van der Waals surface area contributed by atoms with E-state index in [-0.39, 0.29) is 5.91 Å².